The van der Waals surface area contributed by atoms with E-state index in [1.165, 1.54) is 4.90 Å². The van der Waals surface area contributed by atoms with Gasteiger partial charge in [-0.05, 0) is 36.8 Å². The number of allylic oxidation sites excluding steroid dienone is 1. The molecule has 0 aliphatic carbocycles. The molecule has 0 radical (unpaired) electrons. The number of nitrogens with zero attached hydrogens (tertiary/aromatic N) is 2. The van der Waals surface area contributed by atoms with Crippen molar-refractivity contribution in [3.63, 3.8) is 0 Å². The lowest BCUT2D eigenvalue weighted by molar-refractivity contribution is -0.161. The molecule has 5 rings (SSSR count). The van der Waals surface area contributed by atoms with Gasteiger partial charge in [-0.3, -0.25) is 19.2 Å². The zero-order chi connectivity index (χ0) is 35.0. The molecular weight excluding hydrogens is 622 g/mol. The van der Waals surface area contributed by atoms with Crippen LogP contribution in [0.15, 0.2) is 86.0 Å². The smallest absolute Gasteiger partial charge is 0.313 e. The van der Waals surface area contributed by atoms with Crippen LogP contribution in [0.3, 0.4) is 0 Å². The van der Waals surface area contributed by atoms with Crippen molar-refractivity contribution in [2.75, 3.05) is 26.2 Å². The highest BCUT2D eigenvalue weighted by molar-refractivity contribution is 5.98. The lowest BCUT2D eigenvalue weighted by Gasteiger charge is -2.39. The van der Waals surface area contributed by atoms with Crippen LogP contribution in [0.1, 0.15) is 75.1 Å². The molecule has 1 spiro atoms. The molecule has 2 bridgehead atoms. The van der Waals surface area contributed by atoms with Crippen molar-refractivity contribution >= 4 is 23.7 Å². The van der Waals surface area contributed by atoms with Gasteiger partial charge in [0.25, 0.3) is 0 Å². The van der Waals surface area contributed by atoms with Crippen LogP contribution in [0.5, 0.6) is 0 Å². The van der Waals surface area contributed by atoms with Crippen LogP contribution >= 0.6 is 0 Å². The van der Waals surface area contributed by atoms with E-state index in [1.807, 2.05) is 60.7 Å². The van der Waals surface area contributed by atoms with Gasteiger partial charge in [-0.15, -0.1) is 13.2 Å². The summed E-state index contributed by atoms with van der Waals surface area (Å²) in [5.41, 5.74) is 0.109. The van der Waals surface area contributed by atoms with E-state index in [0.29, 0.717) is 43.5 Å². The van der Waals surface area contributed by atoms with Crippen molar-refractivity contribution < 1.29 is 33.8 Å². The Hall–Kier alpha value is -4.28. The maximum Gasteiger partial charge on any atom is 0.313 e. The average molecular weight is 672 g/mol. The van der Waals surface area contributed by atoms with Gasteiger partial charge in [0.15, 0.2) is 0 Å². The maximum atomic E-state index is 14.8. The summed E-state index contributed by atoms with van der Waals surface area (Å²) in [5.74, 6) is -3.44. The van der Waals surface area contributed by atoms with Crippen molar-refractivity contribution in [2.24, 2.45) is 11.8 Å². The number of rotatable bonds is 18. The van der Waals surface area contributed by atoms with Gasteiger partial charge in [-0.1, -0.05) is 92.6 Å². The first-order valence-corrected chi connectivity index (χ1v) is 17.5. The number of aliphatic hydroxyl groups excluding tert-OH is 1. The highest BCUT2D eigenvalue weighted by Crippen LogP contribution is 2.60. The number of aliphatic hydroxyl groups is 1. The Morgan fingerprint density at radius 3 is 2.41 bits per heavy atom. The molecule has 3 aliphatic rings. The Kier molecular flexibility index (Phi) is 12.1. The van der Waals surface area contributed by atoms with Crippen molar-refractivity contribution in [3.05, 3.63) is 97.1 Å². The molecule has 3 amide bonds. The van der Waals surface area contributed by atoms with E-state index in [1.54, 1.807) is 17.1 Å². The zero-order valence-corrected chi connectivity index (χ0v) is 28.4. The predicted octanol–water partition coefficient (Wildman–Crippen LogP) is 4.67. The molecule has 49 heavy (non-hydrogen) atoms. The normalized spacial score (nSPS) is 24.9. The number of nitrogens with one attached hydrogen (secondary N) is 1. The number of fused-ring (bicyclic) bond motifs is 1. The largest absolute Gasteiger partial charge is 0.455 e. The Morgan fingerprint density at radius 2 is 1.78 bits per heavy atom. The van der Waals surface area contributed by atoms with Crippen molar-refractivity contribution in [1.82, 2.24) is 15.1 Å². The molecule has 10 heteroatoms. The Morgan fingerprint density at radius 1 is 1.08 bits per heavy atom. The SMILES string of the molecule is C=CCCC(=O)NC[C@H](OC(=O)[C@@H]1[C@@H]2CC[C@]3(O2)[C@H](C(=O)N(CC=C)CCCCC)N([C@H](CO)c2ccccc2)C(=O)[C@@H]13)c1ccccc1. The van der Waals surface area contributed by atoms with E-state index < -0.39 is 60.2 Å². The number of ether oxygens (including phenoxy) is 2. The molecular formula is C39H49N3O7. The van der Waals surface area contributed by atoms with Gasteiger partial charge in [-0.2, -0.15) is 0 Å². The summed E-state index contributed by atoms with van der Waals surface area (Å²) >= 11 is 0. The maximum absolute atomic E-state index is 14.8. The summed E-state index contributed by atoms with van der Waals surface area (Å²) in [6.45, 7) is 10.0. The number of amides is 3. The Labute approximate surface area is 289 Å². The van der Waals surface area contributed by atoms with Gasteiger partial charge in [0.05, 0.1) is 37.1 Å². The predicted molar refractivity (Wildman–Crippen MR) is 185 cm³/mol. The fourth-order valence-electron chi connectivity index (χ4n) is 7.82. The molecule has 3 saturated heterocycles. The fraction of sp³-hybridized carbons (Fsp3) is 0.487. The van der Waals surface area contributed by atoms with E-state index in [9.17, 15) is 24.3 Å². The minimum Gasteiger partial charge on any atom is -0.455 e. The van der Waals surface area contributed by atoms with E-state index in [2.05, 4.69) is 25.4 Å². The van der Waals surface area contributed by atoms with E-state index >= 15 is 0 Å². The lowest BCUT2D eigenvalue weighted by atomic mass is 9.70. The second-order valence-electron chi connectivity index (χ2n) is 13.2. The summed E-state index contributed by atoms with van der Waals surface area (Å²) in [4.78, 5) is 59.4. The molecule has 0 unspecified atom stereocenters. The third-order valence-electron chi connectivity index (χ3n) is 10.1. The van der Waals surface area contributed by atoms with Gasteiger partial charge in [0.1, 0.15) is 17.7 Å². The minimum atomic E-state index is -1.27. The van der Waals surface area contributed by atoms with Gasteiger partial charge < -0.3 is 29.7 Å². The van der Waals surface area contributed by atoms with Crippen LogP contribution < -0.4 is 5.32 Å². The number of benzene rings is 2. The molecule has 7 atom stereocenters. The molecule has 2 aromatic carbocycles. The molecule has 2 N–H and O–H groups in total. The molecule has 2 aromatic rings. The molecule has 0 aromatic heterocycles. The Bertz CT molecular complexity index is 1480. The number of likely N-dealkylation sites (tertiary alicyclic amines) is 1. The molecule has 10 nitrogen and oxygen atoms in total. The minimum absolute atomic E-state index is 0.0514. The quantitative estimate of drug-likeness (QED) is 0.134. The van der Waals surface area contributed by atoms with Crippen LogP contribution in [0.25, 0.3) is 0 Å². The first kappa shape index (κ1) is 36.0. The van der Waals surface area contributed by atoms with Gasteiger partial charge in [0, 0.05) is 19.5 Å². The molecule has 3 fully saturated rings. The van der Waals surface area contributed by atoms with Crippen molar-refractivity contribution in [1.29, 1.82) is 0 Å². The topological polar surface area (TPSA) is 125 Å². The number of carbonyl (C=O) groups excluding carboxylic acids is 4. The van der Waals surface area contributed by atoms with Gasteiger partial charge in [0.2, 0.25) is 17.7 Å². The van der Waals surface area contributed by atoms with E-state index in [0.717, 1.165) is 19.3 Å². The number of esters is 1. The second-order valence-corrected chi connectivity index (χ2v) is 13.2. The fourth-order valence-corrected chi connectivity index (χ4v) is 7.82. The number of carbonyl (C=O) groups is 4. The monoisotopic (exact) mass is 671 g/mol. The third-order valence-corrected chi connectivity index (χ3v) is 10.1. The van der Waals surface area contributed by atoms with Crippen LogP contribution in [-0.2, 0) is 28.7 Å². The van der Waals surface area contributed by atoms with Crippen LogP contribution in [0.2, 0.25) is 0 Å². The van der Waals surface area contributed by atoms with Gasteiger partial charge in [-0.25, -0.2) is 0 Å². The summed E-state index contributed by atoms with van der Waals surface area (Å²) in [5, 5.41) is 13.6. The Balaban J connectivity index is 1.49. The summed E-state index contributed by atoms with van der Waals surface area (Å²) in [7, 11) is 0. The first-order chi connectivity index (χ1) is 23.8. The van der Waals surface area contributed by atoms with Crippen LogP contribution in [-0.4, -0.2) is 82.6 Å². The third kappa shape index (κ3) is 7.35. The number of hydrogen-bond acceptors (Lipinski definition) is 7. The zero-order valence-electron chi connectivity index (χ0n) is 28.4. The molecule has 0 saturated carbocycles. The van der Waals surface area contributed by atoms with Crippen LogP contribution in [0.4, 0.5) is 0 Å². The van der Waals surface area contributed by atoms with Gasteiger partial charge >= 0.3 is 5.97 Å². The molecule has 3 aliphatic heterocycles. The molecule has 3 heterocycles. The highest BCUT2D eigenvalue weighted by Gasteiger charge is 2.75. The standard InChI is InChI=1S/C39H49N3O7/c1-4-7-15-24-41(23-6-3)37(46)35-39-22-21-30(49-39)33(34(39)36(45)42(35)29(26-43)27-16-11-9-12-17-27)38(47)48-31(28-18-13-10-14-19-28)25-40-32(44)20-8-5-2/h5-6,9-14,16-19,29-31,33-35,43H,2-4,7-8,15,20-26H2,1H3,(H,40,44)/t29-,30+,31+,33-,34-,35+,39-/m1/s1. The van der Waals surface area contributed by atoms with E-state index in [-0.39, 0.29) is 24.8 Å². The lowest BCUT2D eigenvalue weighted by Crippen LogP contribution is -2.57. The highest BCUT2D eigenvalue weighted by atomic mass is 16.6. The second kappa shape index (κ2) is 16.4. The summed E-state index contributed by atoms with van der Waals surface area (Å²) in [6.07, 6.45) is 6.29. The van der Waals surface area contributed by atoms with E-state index in [4.69, 9.17) is 9.47 Å². The van der Waals surface area contributed by atoms with Crippen LogP contribution in [0, 0.1) is 11.8 Å². The number of unbranched alkanes of at least 4 members (excludes halogenated alkanes) is 2. The summed E-state index contributed by atoms with van der Waals surface area (Å²) < 4.78 is 12.8. The molecule has 262 valence electrons. The van der Waals surface area contributed by atoms with Crippen molar-refractivity contribution in [2.45, 2.75) is 81.8 Å². The first-order valence-electron chi connectivity index (χ1n) is 17.5. The van der Waals surface area contributed by atoms with Crippen molar-refractivity contribution in [3.8, 4) is 0 Å². The average Bonchev–Trinajstić information content (AvgIpc) is 3.77. The summed E-state index contributed by atoms with van der Waals surface area (Å²) in [6, 6.07) is 16.4. The number of hydrogen-bond donors (Lipinski definition) is 2.